The molecule has 0 atom stereocenters. The number of aromatic nitrogens is 3. The molecule has 0 aliphatic heterocycles. The van der Waals surface area contributed by atoms with Gasteiger partial charge in [-0.15, -0.1) is 34.2 Å². The van der Waals surface area contributed by atoms with Gasteiger partial charge in [0.25, 0.3) is 5.69 Å². The van der Waals surface area contributed by atoms with Crippen molar-refractivity contribution < 1.29 is 13.3 Å². The lowest BCUT2D eigenvalue weighted by Crippen LogP contribution is -2.39. The number of halogens is 1. The SMILES string of the molecule is CCNC(=NCCNS(=O)(=O)c1cccc([N+](=O)[O-])c1)NCCn1cnnc1CC.I. The van der Waals surface area contributed by atoms with E-state index >= 15 is 0 Å². The third-order valence-electron chi connectivity index (χ3n) is 4.01. The van der Waals surface area contributed by atoms with Crippen molar-refractivity contribution in [2.24, 2.45) is 4.99 Å². The monoisotopic (exact) mass is 566 g/mol. The molecule has 0 spiro atoms. The van der Waals surface area contributed by atoms with E-state index in [0.717, 1.165) is 18.3 Å². The molecule has 0 saturated heterocycles. The zero-order valence-corrected chi connectivity index (χ0v) is 20.5. The Morgan fingerprint density at radius 2 is 2.03 bits per heavy atom. The highest BCUT2D eigenvalue weighted by Gasteiger charge is 2.16. The van der Waals surface area contributed by atoms with E-state index in [1.165, 1.54) is 18.2 Å². The van der Waals surface area contributed by atoms with Gasteiger partial charge in [-0.2, -0.15) is 0 Å². The lowest BCUT2D eigenvalue weighted by atomic mass is 10.3. The largest absolute Gasteiger partial charge is 0.357 e. The van der Waals surface area contributed by atoms with Gasteiger partial charge in [-0.25, -0.2) is 13.1 Å². The molecule has 2 aromatic rings. The van der Waals surface area contributed by atoms with Gasteiger partial charge in [-0.05, 0) is 13.0 Å². The van der Waals surface area contributed by atoms with Gasteiger partial charge in [-0.3, -0.25) is 15.1 Å². The summed E-state index contributed by atoms with van der Waals surface area (Å²) in [7, 11) is -3.86. The summed E-state index contributed by atoms with van der Waals surface area (Å²) in [6, 6.07) is 4.89. The van der Waals surface area contributed by atoms with Crippen LogP contribution in [0.5, 0.6) is 0 Å². The second-order valence-corrected chi connectivity index (χ2v) is 7.90. The Kier molecular flexibility index (Phi) is 11.3. The molecule has 31 heavy (non-hydrogen) atoms. The molecule has 1 aromatic carbocycles. The number of aliphatic imine (C=N–C) groups is 1. The van der Waals surface area contributed by atoms with E-state index in [-0.39, 0.29) is 47.6 Å². The van der Waals surface area contributed by atoms with Crippen molar-refractivity contribution in [3.63, 3.8) is 0 Å². The first kappa shape index (κ1) is 26.7. The molecule has 14 heteroatoms. The van der Waals surface area contributed by atoms with Crippen molar-refractivity contribution in [3.8, 4) is 0 Å². The Labute approximate surface area is 198 Å². The van der Waals surface area contributed by atoms with Crippen molar-refractivity contribution in [1.29, 1.82) is 0 Å². The van der Waals surface area contributed by atoms with Crippen molar-refractivity contribution >= 4 is 45.6 Å². The van der Waals surface area contributed by atoms with Gasteiger partial charge in [0.2, 0.25) is 10.0 Å². The second-order valence-electron chi connectivity index (χ2n) is 6.13. The van der Waals surface area contributed by atoms with E-state index in [0.29, 0.717) is 25.6 Å². The summed E-state index contributed by atoms with van der Waals surface area (Å²) in [5.74, 6) is 1.45. The average Bonchev–Trinajstić information content (AvgIpc) is 3.18. The number of rotatable bonds is 11. The first-order chi connectivity index (χ1) is 14.4. The zero-order valence-electron chi connectivity index (χ0n) is 17.3. The van der Waals surface area contributed by atoms with Crippen LogP contribution in [0.1, 0.15) is 19.7 Å². The van der Waals surface area contributed by atoms with Gasteiger partial charge in [0, 0.05) is 44.7 Å². The van der Waals surface area contributed by atoms with Crippen LogP contribution in [-0.4, -0.2) is 60.2 Å². The van der Waals surface area contributed by atoms with Gasteiger partial charge in [-0.1, -0.05) is 13.0 Å². The van der Waals surface area contributed by atoms with Crippen LogP contribution in [0.15, 0.2) is 40.5 Å². The van der Waals surface area contributed by atoms with E-state index in [4.69, 9.17) is 0 Å². The second kappa shape index (κ2) is 13.2. The quantitative estimate of drug-likeness (QED) is 0.0905. The lowest BCUT2D eigenvalue weighted by molar-refractivity contribution is -0.385. The third-order valence-corrected chi connectivity index (χ3v) is 5.47. The number of nitrogens with one attached hydrogen (secondary N) is 3. The van der Waals surface area contributed by atoms with Gasteiger partial charge in [0.05, 0.1) is 16.4 Å². The smallest absolute Gasteiger partial charge is 0.270 e. The van der Waals surface area contributed by atoms with Crippen LogP contribution in [0.2, 0.25) is 0 Å². The standard InChI is InChI=1S/C17H26N8O4S.HI/c1-3-16-23-21-13-24(16)11-10-20-17(18-4-2)19-8-9-22-30(28,29)15-7-5-6-14(12-15)25(26)27;/h5-7,12-13,22H,3-4,8-11H2,1-2H3,(H2,18,19,20);1H. The molecule has 0 aliphatic rings. The maximum absolute atomic E-state index is 12.3. The molecule has 1 heterocycles. The molecule has 12 nitrogen and oxygen atoms in total. The molecule has 3 N–H and O–H groups in total. The van der Waals surface area contributed by atoms with E-state index in [1.807, 2.05) is 18.4 Å². The zero-order chi connectivity index (χ0) is 22.0. The fourth-order valence-corrected chi connectivity index (χ4v) is 3.63. The number of benzene rings is 1. The first-order valence-electron chi connectivity index (χ1n) is 9.50. The van der Waals surface area contributed by atoms with Crippen LogP contribution >= 0.6 is 24.0 Å². The fraction of sp³-hybridized carbons (Fsp3) is 0.471. The fourth-order valence-electron chi connectivity index (χ4n) is 2.57. The van der Waals surface area contributed by atoms with Crippen LogP contribution in [0.3, 0.4) is 0 Å². The average molecular weight is 566 g/mol. The summed E-state index contributed by atoms with van der Waals surface area (Å²) in [5, 5.41) is 25.0. The van der Waals surface area contributed by atoms with E-state index in [2.05, 4.69) is 30.5 Å². The number of non-ortho nitro benzene ring substituents is 1. The Bertz CT molecular complexity index is 980. The van der Waals surface area contributed by atoms with Crippen molar-refractivity contribution in [2.75, 3.05) is 26.2 Å². The number of hydrogen-bond donors (Lipinski definition) is 3. The topological polar surface area (TPSA) is 156 Å². The number of hydrogen-bond acceptors (Lipinski definition) is 7. The number of sulfonamides is 1. The van der Waals surface area contributed by atoms with E-state index in [1.54, 1.807) is 6.33 Å². The Hall–Kier alpha value is -2.33. The van der Waals surface area contributed by atoms with Gasteiger partial charge in [0.15, 0.2) is 5.96 Å². The van der Waals surface area contributed by atoms with Crippen LogP contribution in [0.4, 0.5) is 5.69 Å². The molecule has 0 fully saturated rings. The van der Waals surface area contributed by atoms with Crippen LogP contribution in [0, 0.1) is 10.1 Å². The summed E-state index contributed by atoms with van der Waals surface area (Å²) in [5.41, 5.74) is -0.283. The summed E-state index contributed by atoms with van der Waals surface area (Å²) in [6.45, 7) is 6.09. The minimum absolute atomic E-state index is 0. The van der Waals surface area contributed by atoms with Crippen molar-refractivity contribution in [1.82, 2.24) is 30.1 Å². The van der Waals surface area contributed by atoms with Crippen LogP contribution < -0.4 is 15.4 Å². The summed E-state index contributed by atoms with van der Waals surface area (Å²) in [4.78, 5) is 14.4. The predicted octanol–water partition coefficient (Wildman–Crippen LogP) is 0.900. The molecule has 0 saturated carbocycles. The number of nitro benzene ring substituents is 1. The maximum atomic E-state index is 12.3. The van der Waals surface area contributed by atoms with E-state index in [9.17, 15) is 18.5 Å². The Morgan fingerprint density at radius 1 is 1.26 bits per heavy atom. The lowest BCUT2D eigenvalue weighted by Gasteiger charge is -2.12. The summed E-state index contributed by atoms with van der Waals surface area (Å²) < 4.78 is 29.0. The molecule has 0 bridgehead atoms. The summed E-state index contributed by atoms with van der Waals surface area (Å²) >= 11 is 0. The van der Waals surface area contributed by atoms with Crippen molar-refractivity contribution in [2.45, 2.75) is 31.7 Å². The van der Waals surface area contributed by atoms with Gasteiger partial charge >= 0.3 is 0 Å². The Balaban J connectivity index is 0.00000480. The van der Waals surface area contributed by atoms with Crippen LogP contribution in [0.25, 0.3) is 0 Å². The molecular weight excluding hydrogens is 539 g/mol. The first-order valence-corrected chi connectivity index (χ1v) is 11.0. The molecule has 0 radical (unpaired) electrons. The summed E-state index contributed by atoms with van der Waals surface area (Å²) in [6.07, 6.45) is 2.46. The minimum atomic E-state index is -3.86. The Morgan fingerprint density at radius 3 is 2.71 bits per heavy atom. The highest BCUT2D eigenvalue weighted by molar-refractivity contribution is 14.0. The molecule has 172 valence electrons. The normalized spacial score (nSPS) is 11.6. The third kappa shape index (κ3) is 8.37. The van der Waals surface area contributed by atoms with Crippen molar-refractivity contribution in [3.05, 3.63) is 46.5 Å². The molecular formula is C17H27IN8O4S. The minimum Gasteiger partial charge on any atom is -0.357 e. The maximum Gasteiger partial charge on any atom is 0.270 e. The number of guanidine groups is 1. The molecule has 0 amide bonds. The molecule has 1 aromatic heterocycles. The van der Waals surface area contributed by atoms with Gasteiger partial charge in [0.1, 0.15) is 12.2 Å². The van der Waals surface area contributed by atoms with E-state index < -0.39 is 14.9 Å². The van der Waals surface area contributed by atoms with Gasteiger partial charge < -0.3 is 15.2 Å². The van der Waals surface area contributed by atoms with Crippen LogP contribution in [-0.2, 0) is 23.0 Å². The number of aryl methyl sites for hydroxylation is 1. The number of nitro groups is 1. The predicted molar refractivity (Wildman–Crippen MR) is 127 cm³/mol. The molecule has 0 aliphatic carbocycles. The number of nitrogens with zero attached hydrogens (tertiary/aromatic N) is 5. The highest BCUT2D eigenvalue weighted by Crippen LogP contribution is 2.16. The molecule has 2 rings (SSSR count). The highest BCUT2D eigenvalue weighted by atomic mass is 127. The molecule has 0 unspecified atom stereocenters.